The Balaban J connectivity index is 0.000000135. The molecule has 29 aromatic rings. The molecule has 0 spiro atoms. The van der Waals surface area contributed by atoms with E-state index in [2.05, 4.69) is 479 Å². The van der Waals surface area contributed by atoms with Gasteiger partial charge in [0.25, 0.3) is 0 Å². The number of para-hydroxylation sites is 4. The van der Waals surface area contributed by atoms with Crippen molar-refractivity contribution in [1.29, 1.82) is 0 Å². The maximum atomic E-state index is 5.30. The van der Waals surface area contributed by atoms with Gasteiger partial charge in [0.05, 0.1) is 49.8 Å². The Labute approximate surface area is 779 Å². The molecule has 10 heteroatoms. The summed E-state index contributed by atoms with van der Waals surface area (Å²) in [4.78, 5) is 31.5. The van der Waals surface area contributed by atoms with Gasteiger partial charge in [-0.1, -0.05) is 346 Å². The standard InChI is InChI=1S/C65H39N5.C61H37N5/c1-3-15-42-35-46(27-25-40(42)13-1)63-66-64(47-28-26-41-14-2-4-16-43(41)36-47)68-65(67-63)70-60-24-12-10-22-55(60)58-38-45(30-34-62(58)70)44-29-33-61-57(37-44)54-21-9-11-23-59(54)69(61)48-31-32-53-51-19-6-5-17-49(51)50-18-7-8-20-52(50)56(53)39-48;1-3-15-40-33-45(27-25-38(40)13-1)59-62-60(46-28-26-39-14-2-4-16-41(39)34-46)64-61(63-59)66-55-24-12-10-22-51(55)53-36-43(30-32-57(53)66)42-29-31-56-52(35-42)50-21-9-11-23-54(50)65(56)58-37-44-17-5-6-18-47(44)48-19-7-8-20-49(48)58/h1-39H;1-37H. The van der Waals surface area contributed by atoms with Crippen molar-refractivity contribution < 1.29 is 0 Å². The minimum Gasteiger partial charge on any atom is -0.309 e. The molecule has 10 nitrogen and oxygen atoms in total. The highest BCUT2D eigenvalue weighted by Gasteiger charge is 2.26. The van der Waals surface area contributed by atoms with Crippen LogP contribution in [0.3, 0.4) is 0 Å². The Bertz CT molecular complexity index is 9900. The van der Waals surface area contributed by atoms with Crippen molar-refractivity contribution in [2.75, 3.05) is 0 Å². The lowest BCUT2D eigenvalue weighted by molar-refractivity contribution is 0.953. The predicted octanol–water partition coefficient (Wildman–Crippen LogP) is 32.5. The number of rotatable bonds is 10. The summed E-state index contributed by atoms with van der Waals surface area (Å²) in [6, 6.07) is 166. The van der Waals surface area contributed by atoms with Gasteiger partial charge in [0.15, 0.2) is 23.3 Å². The maximum Gasteiger partial charge on any atom is 0.238 e. The minimum absolute atomic E-state index is 0.573. The SMILES string of the molecule is c1ccc2cc(-c3nc(-c4ccc5ccccc5c4)nc(-n4c5ccccc5c5cc(-c6ccc7c(c6)c6ccccc6n7-c6cc7ccccc7c7ccccc67)ccc54)n3)ccc2c1.c1ccc2cc(-c3nc(-c4ccc5ccccc5c4)nc(-n4c5ccccc5c5cc(-c6ccc7c(c6)c6ccccc6n7-c6ccc7c8ccccc8c8ccccc8c7c6)ccc54)n3)ccc2c1. The van der Waals surface area contributed by atoms with E-state index in [1.165, 1.54) is 125 Å². The van der Waals surface area contributed by atoms with E-state index in [-0.39, 0.29) is 0 Å². The van der Waals surface area contributed by atoms with Crippen LogP contribution >= 0.6 is 0 Å². The molecule has 0 aliphatic carbocycles. The zero-order valence-electron chi connectivity index (χ0n) is 73.4. The van der Waals surface area contributed by atoms with Crippen molar-refractivity contribution in [3.63, 3.8) is 0 Å². The van der Waals surface area contributed by atoms with Crippen LogP contribution in [0.2, 0.25) is 0 Å². The first kappa shape index (κ1) is 76.5. The van der Waals surface area contributed by atoms with E-state index in [9.17, 15) is 0 Å². The quantitative estimate of drug-likeness (QED) is 0.127. The van der Waals surface area contributed by atoms with E-state index in [0.717, 1.165) is 115 Å². The number of benzene rings is 23. The summed E-state index contributed by atoms with van der Waals surface area (Å²) in [5.74, 6) is 3.65. The molecule has 136 heavy (non-hydrogen) atoms. The third-order valence-electron chi connectivity index (χ3n) is 28.0. The lowest BCUT2D eigenvalue weighted by Gasteiger charge is -2.14. The number of nitrogens with zero attached hydrogens (tertiary/aromatic N) is 10. The van der Waals surface area contributed by atoms with Crippen LogP contribution in [-0.4, -0.2) is 48.2 Å². The molecule has 0 saturated carbocycles. The first-order valence-corrected chi connectivity index (χ1v) is 46.3. The highest BCUT2D eigenvalue weighted by Crippen LogP contribution is 2.46. The molecule has 0 bridgehead atoms. The summed E-state index contributed by atoms with van der Waals surface area (Å²) in [5.41, 5.74) is 19.5. The molecule has 6 aromatic heterocycles. The van der Waals surface area contributed by atoms with Crippen LogP contribution in [0.5, 0.6) is 0 Å². The Morgan fingerprint density at radius 3 is 0.743 bits per heavy atom. The van der Waals surface area contributed by atoms with Crippen molar-refractivity contribution in [3.05, 3.63) is 461 Å². The summed E-state index contributed by atoms with van der Waals surface area (Å²) in [6.45, 7) is 0. The average Bonchev–Trinajstić information content (AvgIpc) is 1.56. The molecule has 0 unspecified atom stereocenters. The average molecular weight is 1730 g/mol. The van der Waals surface area contributed by atoms with Crippen molar-refractivity contribution >= 4 is 184 Å². The topological polar surface area (TPSA) is 97.1 Å². The highest BCUT2D eigenvalue weighted by atomic mass is 15.2. The molecule has 23 aromatic carbocycles. The fraction of sp³-hybridized carbons (Fsp3) is 0. The van der Waals surface area contributed by atoms with Gasteiger partial charge in [-0.3, -0.25) is 9.13 Å². The fourth-order valence-electron chi connectivity index (χ4n) is 21.6. The van der Waals surface area contributed by atoms with Gasteiger partial charge in [-0.25, -0.2) is 9.97 Å². The van der Waals surface area contributed by atoms with Crippen LogP contribution in [0.1, 0.15) is 0 Å². The van der Waals surface area contributed by atoms with Crippen LogP contribution in [0.4, 0.5) is 0 Å². The van der Waals surface area contributed by atoms with E-state index >= 15 is 0 Å². The summed E-state index contributed by atoms with van der Waals surface area (Å²) in [6.07, 6.45) is 0. The second-order valence-corrected chi connectivity index (χ2v) is 35.6. The molecule has 0 N–H and O–H groups in total. The first-order chi connectivity index (χ1) is 67.4. The molecular formula is C126H76N10. The lowest BCUT2D eigenvalue weighted by Crippen LogP contribution is -2.06. The van der Waals surface area contributed by atoms with E-state index in [0.29, 0.717) is 35.2 Å². The Hall–Kier alpha value is -18.4. The zero-order valence-corrected chi connectivity index (χ0v) is 73.4. The van der Waals surface area contributed by atoms with Crippen LogP contribution in [0, 0.1) is 0 Å². The van der Waals surface area contributed by atoms with Gasteiger partial charge in [-0.2, -0.15) is 19.9 Å². The smallest absolute Gasteiger partial charge is 0.238 e. The summed E-state index contributed by atoms with van der Waals surface area (Å²) in [7, 11) is 0. The van der Waals surface area contributed by atoms with Crippen molar-refractivity contribution in [3.8, 4) is 91.1 Å². The van der Waals surface area contributed by atoms with Crippen LogP contribution < -0.4 is 0 Å². The van der Waals surface area contributed by atoms with E-state index in [1.54, 1.807) is 0 Å². The van der Waals surface area contributed by atoms with Gasteiger partial charge >= 0.3 is 0 Å². The zero-order chi connectivity index (χ0) is 89.2. The third-order valence-corrected chi connectivity index (χ3v) is 28.0. The Morgan fingerprint density at radius 2 is 0.375 bits per heavy atom. The Morgan fingerprint density at radius 1 is 0.125 bits per heavy atom. The predicted molar refractivity (Wildman–Crippen MR) is 567 cm³/mol. The number of hydrogen-bond acceptors (Lipinski definition) is 6. The van der Waals surface area contributed by atoms with Crippen LogP contribution in [-0.2, 0) is 0 Å². The molecule has 630 valence electrons. The molecule has 0 aliphatic heterocycles. The van der Waals surface area contributed by atoms with Gasteiger partial charge in [-0.15, -0.1) is 0 Å². The molecule has 0 atom stereocenters. The second kappa shape index (κ2) is 30.6. The number of hydrogen-bond donors (Lipinski definition) is 0. The maximum absolute atomic E-state index is 5.30. The Kier molecular flexibility index (Phi) is 17.2. The van der Waals surface area contributed by atoms with Crippen LogP contribution in [0.15, 0.2) is 461 Å². The van der Waals surface area contributed by atoms with E-state index < -0.39 is 0 Å². The minimum atomic E-state index is 0.573. The van der Waals surface area contributed by atoms with Crippen molar-refractivity contribution in [1.82, 2.24) is 48.2 Å². The van der Waals surface area contributed by atoms with Gasteiger partial charge in [0.1, 0.15) is 0 Å². The summed E-state index contributed by atoms with van der Waals surface area (Å²) >= 11 is 0. The fourth-order valence-corrected chi connectivity index (χ4v) is 21.6. The monoisotopic (exact) mass is 1730 g/mol. The van der Waals surface area contributed by atoms with E-state index in [1.807, 2.05) is 0 Å². The molecular weight excluding hydrogens is 1650 g/mol. The summed E-state index contributed by atoms with van der Waals surface area (Å²) in [5, 5.41) is 31.3. The molecule has 29 rings (SSSR count). The molecule has 0 saturated heterocycles. The number of aromatic nitrogens is 10. The molecule has 0 aliphatic rings. The molecule has 0 amide bonds. The molecule has 6 heterocycles. The van der Waals surface area contributed by atoms with Gasteiger partial charge in [0.2, 0.25) is 11.9 Å². The lowest BCUT2D eigenvalue weighted by atomic mass is 9.94. The second-order valence-electron chi connectivity index (χ2n) is 35.6. The molecule has 0 radical (unpaired) electrons. The van der Waals surface area contributed by atoms with Gasteiger partial charge in [0, 0.05) is 76.4 Å². The third kappa shape index (κ3) is 12.4. The van der Waals surface area contributed by atoms with E-state index in [4.69, 9.17) is 29.9 Å². The first-order valence-electron chi connectivity index (χ1n) is 46.3. The number of fused-ring (bicyclic) bond motifs is 25. The van der Waals surface area contributed by atoms with Crippen LogP contribution in [0.25, 0.3) is 275 Å². The molecule has 0 fully saturated rings. The summed E-state index contributed by atoms with van der Waals surface area (Å²) < 4.78 is 9.29. The highest BCUT2D eigenvalue weighted by molar-refractivity contribution is 6.26. The van der Waals surface area contributed by atoms with Gasteiger partial charge in [-0.05, 0) is 229 Å². The normalized spacial score (nSPS) is 12.0. The van der Waals surface area contributed by atoms with Crippen molar-refractivity contribution in [2.45, 2.75) is 0 Å². The largest absolute Gasteiger partial charge is 0.309 e. The van der Waals surface area contributed by atoms with Crippen molar-refractivity contribution in [2.24, 2.45) is 0 Å². The van der Waals surface area contributed by atoms with Gasteiger partial charge < -0.3 is 9.13 Å².